The summed E-state index contributed by atoms with van der Waals surface area (Å²) >= 11 is 0. The maximum absolute atomic E-state index is 14.6. The Morgan fingerprint density at radius 1 is 1.04 bits per heavy atom. The van der Waals surface area contributed by atoms with Gasteiger partial charge in [0, 0.05) is 82.5 Å². The van der Waals surface area contributed by atoms with Gasteiger partial charge in [-0.05, 0) is 82.3 Å². The van der Waals surface area contributed by atoms with Crippen molar-refractivity contribution in [1.82, 2.24) is 29.0 Å². The molecule has 2 aromatic heterocycles. The van der Waals surface area contributed by atoms with Gasteiger partial charge in [-0.3, -0.25) is 19.4 Å². The number of aryl methyl sites for hydroxylation is 1. The second-order valence-electron chi connectivity index (χ2n) is 13.6. The van der Waals surface area contributed by atoms with Crippen LogP contribution in [-0.2, 0) is 4.79 Å². The Morgan fingerprint density at radius 2 is 1.76 bits per heavy atom. The molecule has 0 radical (unpaired) electrons. The standard InChI is InChI=1S/C36H51FN6O2/c1-8-42(25(4)5)36(45)33-19-30(37)11-12-31(33)32-18-28(23-43-26(6)38-20-35(32)43)29-21-41(22-29)34(24(2)3)10-9-13-39-14-16-40(17-15-39)27(7)44/h11-12,18-20,23-25,29,34H,8-10,13-17,21-22H2,1-7H3/t34-/m0/s1. The number of likely N-dealkylation sites (tertiary alicyclic amines) is 1. The van der Waals surface area contributed by atoms with Crippen LogP contribution in [0.1, 0.15) is 82.0 Å². The van der Waals surface area contributed by atoms with Gasteiger partial charge in [0.05, 0.1) is 17.3 Å². The molecule has 8 nitrogen and oxygen atoms in total. The van der Waals surface area contributed by atoms with Gasteiger partial charge in [-0.25, -0.2) is 9.37 Å². The molecule has 9 heteroatoms. The molecule has 0 N–H and O–H groups in total. The van der Waals surface area contributed by atoms with Crippen molar-refractivity contribution in [2.75, 3.05) is 52.4 Å². The van der Waals surface area contributed by atoms with Gasteiger partial charge in [0.1, 0.15) is 11.6 Å². The van der Waals surface area contributed by atoms with E-state index in [1.807, 2.05) is 38.8 Å². The zero-order valence-electron chi connectivity index (χ0n) is 28.2. The first-order chi connectivity index (χ1) is 21.5. The first-order valence-electron chi connectivity index (χ1n) is 16.8. The van der Waals surface area contributed by atoms with Gasteiger partial charge in [0.2, 0.25) is 5.91 Å². The molecule has 1 aromatic carbocycles. The van der Waals surface area contributed by atoms with Gasteiger partial charge >= 0.3 is 0 Å². The zero-order chi connectivity index (χ0) is 32.4. The predicted molar refractivity (Wildman–Crippen MR) is 178 cm³/mol. The number of pyridine rings is 1. The average molecular weight is 619 g/mol. The van der Waals surface area contributed by atoms with Gasteiger partial charge in [-0.2, -0.15) is 0 Å². The smallest absolute Gasteiger partial charge is 0.254 e. The number of halogens is 1. The Morgan fingerprint density at radius 3 is 2.38 bits per heavy atom. The molecule has 2 saturated heterocycles. The SMILES string of the molecule is CCN(C(=O)c1cc(F)ccc1-c1cc(C2CN([C@@H](CCCN3CCN(C(C)=O)CC3)C(C)C)C2)cn2c(C)ncc12)C(C)C. The molecule has 0 saturated carbocycles. The average Bonchev–Trinajstić information content (AvgIpc) is 3.35. The second-order valence-corrected chi connectivity index (χ2v) is 13.6. The minimum absolute atomic E-state index is 0.00833. The molecule has 2 aliphatic heterocycles. The van der Waals surface area contributed by atoms with Crippen LogP contribution in [0.4, 0.5) is 4.39 Å². The molecule has 5 rings (SSSR count). The largest absolute Gasteiger partial charge is 0.340 e. The van der Waals surface area contributed by atoms with E-state index < -0.39 is 5.82 Å². The number of imidazole rings is 1. The summed E-state index contributed by atoms with van der Waals surface area (Å²) in [7, 11) is 0. The number of hydrogen-bond acceptors (Lipinski definition) is 5. The van der Waals surface area contributed by atoms with Gasteiger partial charge < -0.3 is 14.2 Å². The molecule has 1 atom stereocenters. The molecular weight excluding hydrogens is 567 g/mol. The maximum Gasteiger partial charge on any atom is 0.254 e. The summed E-state index contributed by atoms with van der Waals surface area (Å²) in [6.07, 6.45) is 6.37. The van der Waals surface area contributed by atoms with Crippen molar-refractivity contribution in [3.05, 3.63) is 59.4 Å². The lowest BCUT2D eigenvalue weighted by Gasteiger charge is -2.46. The van der Waals surface area contributed by atoms with Crippen molar-refractivity contribution < 1.29 is 14.0 Å². The highest BCUT2D eigenvalue weighted by atomic mass is 19.1. The zero-order valence-corrected chi connectivity index (χ0v) is 28.2. The van der Waals surface area contributed by atoms with E-state index in [2.05, 4.69) is 45.3 Å². The number of hydrogen-bond donors (Lipinski definition) is 0. The summed E-state index contributed by atoms with van der Waals surface area (Å²) in [4.78, 5) is 38.8. The van der Waals surface area contributed by atoms with Crippen molar-refractivity contribution in [3.63, 3.8) is 0 Å². The fraction of sp³-hybridized carbons (Fsp3) is 0.583. The molecule has 2 fully saturated rings. The van der Waals surface area contributed by atoms with Gasteiger partial charge in [0.25, 0.3) is 5.91 Å². The Hall–Kier alpha value is -3.30. The normalized spacial score (nSPS) is 17.3. The Bertz CT molecular complexity index is 1500. The van der Waals surface area contributed by atoms with Gasteiger partial charge in [-0.1, -0.05) is 19.9 Å². The quantitative estimate of drug-likeness (QED) is 0.277. The fourth-order valence-corrected chi connectivity index (χ4v) is 7.25. The van der Waals surface area contributed by atoms with Crippen molar-refractivity contribution >= 4 is 17.3 Å². The first-order valence-corrected chi connectivity index (χ1v) is 16.8. The van der Waals surface area contributed by atoms with Crippen molar-refractivity contribution in [2.45, 2.75) is 79.3 Å². The van der Waals surface area contributed by atoms with E-state index >= 15 is 0 Å². The van der Waals surface area contributed by atoms with Crippen LogP contribution in [0.5, 0.6) is 0 Å². The number of fused-ring (bicyclic) bond motifs is 1. The van der Waals surface area contributed by atoms with E-state index in [1.165, 1.54) is 17.7 Å². The molecular formula is C36H51FN6O2. The number of carbonyl (C=O) groups is 2. The number of piperazine rings is 1. The summed E-state index contributed by atoms with van der Waals surface area (Å²) in [6.45, 7) is 21.5. The highest BCUT2D eigenvalue weighted by molar-refractivity contribution is 6.03. The summed E-state index contributed by atoms with van der Waals surface area (Å²) in [6, 6.07) is 7.33. The van der Waals surface area contributed by atoms with Crippen LogP contribution in [-0.4, -0.2) is 105 Å². The van der Waals surface area contributed by atoms with E-state index in [9.17, 15) is 14.0 Å². The van der Waals surface area contributed by atoms with Crippen LogP contribution < -0.4 is 0 Å². The molecule has 3 aromatic rings. The Kier molecular flexibility index (Phi) is 10.3. The summed E-state index contributed by atoms with van der Waals surface area (Å²) in [5.74, 6) is 1.43. The number of rotatable bonds is 11. The van der Waals surface area contributed by atoms with Crippen LogP contribution in [0.25, 0.3) is 16.6 Å². The third-order valence-electron chi connectivity index (χ3n) is 9.99. The van der Waals surface area contributed by atoms with E-state index in [1.54, 1.807) is 17.9 Å². The third kappa shape index (κ3) is 7.09. The van der Waals surface area contributed by atoms with E-state index in [0.29, 0.717) is 30.0 Å². The molecule has 0 unspecified atom stereocenters. The van der Waals surface area contributed by atoms with E-state index in [-0.39, 0.29) is 17.9 Å². The van der Waals surface area contributed by atoms with Crippen molar-refractivity contribution in [1.29, 1.82) is 0 Å². The van der Waals surface area contributed by atoms with Gasteiger partial charge in [0.15, 0.2) is 0 Å². The lowest BCUT2D eigenvalue weighted by molar-refractivity contribution is -0.130. The van der Waals surface area contributed by atoms with Crippen LogP contribution in [0.3, 0.4) is 0 Å². The number of nitrogens with zero attached hydrogens (tertiary/aromatic N) is 6. The fourth-order valence-electron chi connectivity index (χ4n) is 7.25. The third-order valence-corrected chi connectivity index (χ3v) is 9.99. The lowest BCUT2D eigenvalue weighted by atomic mass is 9.85. The Labute approximate surface area is 268 Å². The molecule has 4 heterocycles. The van der Waals surface area contributed by atoms with E-state index in [4.69, 9.17) is 0 Å². The van der Waals surface area contributed by atoms with Crippen LogP contribution >= 0.6 is 0 Å². The number of amides is 2. The number of benzene rings is 1. The predicted octanol–water partition coefficient (Wildman–Crippen LogP) is 5.69. The van der Waals surface area contributed by atoms with Crippen LogP contribution in [0.15, 0.2) is 36.7 Å². The Balaban J connectivity index is 1.33. The molecule has 0 spiro atoms. The molecule has 45 heavy (non-hydrogen) atoms. The molecule has 0 bridgehead atoms. The van der Waals surface area contributed by atoms with Crippen molar-refractivity contribution in [3.8, 4) is 11.1 Å². The van der Waals surface area contributed by atoms with Crippen LogP contribution in [0.2, 0.25) is 0 Å². The van der Waals surface area contributed by atoms with E-state index in [0.717, 1.165) is 81.1 Å². The molecule has 2 amide bonds. The molecule has 244 valence electrons. The topological polar surface area (TPSA) is 64.4 Å². The minimum Gasteiger partial charge on any atom is -0.340 e. The molecule has 0 aliphatic carbocycles. The molecule has 2 aliphatic rings. The van der Waals surface area contributed by atoms with Crippen LogP contribution in [0, 0.1) is 18.7 Å². The van der Waals surface area contributed by atoms with Gasteiger partial charge in [-0.15, -0.1) is 0 Å². The summed E-state index contributed by atoms with van der Waals surface area (Å²) in [5.41, 5.74) is 4.19. The second kappa shape index (κ2) is 14.0. The number of aromatic nitrogens is 2. The monoisotopic (exact) mass is 618 g/mol. The lowest BCUT2D eigenvalue weighted by Crippen LogP contribution is -2.53. The number of carbonyl (C=O) groups excluding carboxylic acids is 2. The highest BCUT2D eigenvalue weighted by Gasteiger charge is 2.35. The minimum atomic E-state index is -0.411. The summed E-state index contributed by atoms with van der Waals surface area (Å²) in [5, 5.41) is 0. The maximum atomic E-state index is 14.6. The first kappa shape index (κ1) is 33.1. The van der Waals surface area contributed by atoms with Crippen molar-refractivity contribution in [2.24, 2.45) is 5.92 Å². The summed E-state index contributed by atoms with van der Waals surface area (Å²) < 4.78 is 16.7. The highest BCUT2D eigenvalue weighted by Crippen LogP contribution is 2.37.